The molecule has 5 nitrogen and oxygen atoms in total. The minimum Gasteiger partial charge on any atom is -0.465 e. The van der Waals surface area contributed by atoms with Gasteiger partial charge in [0.05, 0.1) is 23.1 Å². The van der Waals surface area contributed by atoms with Crippen LogP contribution in [0.4, 0.5) is 5.69 Å². The molecule has 0 amide bonds. The normalized spacial score (nSPS) is 11.2. The Bertz CT molecular complexity index is 589. The Hall–Kier alpha value is -0.980. The van der Waals surface area contributed by atoms with Crippen LogP contribution in [0.15, 0.2) is 18.2 Å². The third-order valence-corrected chi connectivity index (χ3v) is 4.72. The number of sulfonamides is 1. The van der Waals surface area contributed by atoms with Crippen molar-refractivity contribution in [2.24, 2.45) is 0 Å². The first-order valence-corrected chi connectivity index (χ1v) is 8.29. The number of esters is 1. The number of anilines is 1. The van der Waals surface area contributed by atoms with Crippen molar-refractivity contribution in [3.8, 4) is 0 Å². The van der Waals surface area contributed by atoms with Gasteiger partial charge in [0, 0.05) is 5.02 Å². The van der Waals surface area contributed by atoms with Crippen LogP contribution in [0.3, 0.4) is 0 Å². The van der Waals surface area contributed by atoms with E-state index in [1.807, 2.05) is 0 Å². The van der Waals surface area contributed by atoms with Gasteiger partial charge in [-0.15, -0.1) is 0 Å². The molecule has 0 aliphatic heterocycles. The van der Waals surface area contributed by atoms with Gasteiger partial charge in [0.25, 0.3) is 0 Å². The molecular weight excluding hydrogens is 325 g/mol. The summed E-state index contributed by atoms with van der Waals surface area (Å²) in [6.45, 7) is 2.88. The van der Waals surface area contributed by atoms with Gasteiger partial charge < -0.3 is 4.74 Å². The molecular formula is C12H15Cl2NO4S. The van der Waals surface area contributed by atoms with Crippen LogP contribution in [0.25, 0.3) is 0 Å². The van der Waals surface area contributed by atoms with Crippen LogP contribution in [0.2, 0.25) is 10.0 Å². The fourth-order valence-electron chi connectivity index (χ4n) is 1.50. The highest BCUT2D eigenvalue weighted by Crippen LogP contribution is 2.30. The van der Waals surface area contributed by atoms with E-state index in [9.17, 15) is 13.2 Å². The predicted molar refractivity (Wildman–Crippen MR) is 79.9 cm³/mol. The van der Waals surface area contributed by atoms with Gasteiger partial charge in [-0.3, -0.25) is 9.10 Å². The van der Waals surface area contributed by atoms with Crippen molar-refractivity contribution in [1.29, 1.82) is 0 Å². The molecule has 1 aromatic rings. The highest BCUT2D eigenvalue weighted by Gasteiger charge is 2.25. The van der Waals surface area contributed by atoms with Gasteiger partial charge in [-0.25, -0.2) is 8.42 Å². The van der Waals surface area contributed by atoms with Crippen LogP contribution in [-0.2, 0) is 19.6 Å². The Kier molecular flexibility index (Phi) is 6.10. The maximum Gasteiger partial charge on any atom is 0.326 e. The molecule has 0 bridgehead atoms. The molecule has 0 aliphatic rings. The summed E-state index contributed by atoms with van der Waals surface area (Å²) in [6, 6.07) is 4.38. The molecule has 0 spiro atoms. The largest absolute Gasteiger partial charge is 0.465 e. The topological polar surface area (TPSA) is 63.7 Å². The number of halogens is 2. The fraction of sp³-hybridized carbons (Fsp3) is 0.417. The van der Waals surface area contributed by atoms with Gasteiger partial charge in [-0.2, -0.15) is 0 Å². The lowest BCUT2D eigenvalue weighted by molar-refractivity contribution is -0.141. The lowest BCUT2D eigenvalue weighted by Crippen LogP contribution is -2.37. The summed E-state index contributed by atoms with van der Waals surface area (Å²) in [4.78, 5) is 11.6. The highest BCUT2D eigenvalue weighted by molar-refractivity contribution is 7.92. The maximum absolute atomic E-state index is 12.1. The summed E-state index contributed by atoms with van der Waals surface area (Å²) in [5.74, 6) is -0.804. The zero-order valence-electron chi connectivity index (χ0n) is 11.1. The van der Waals surface area contributed by atoms with Gasteiger partial charge >= 0.3 is 5.97 Å². The van der Waals surface area contributed by atoms with Crippen molar-refractivity contribution < 1.29 is 17.9 Å². The number of ether oxygens (including phenoxy) is 1. The molecule has 0 fully saturated rings. The van der Waals surface area contributed by atoms with Crippen LogP contribution < -0.4 is 4.31 Å². The number of hydrogen-bond donors (Lipinski definition) is 0. The summed E-state index contributed by atoms with van der Waals surface area (Å²) in [5, 5.41) is 0.530. The van der Waals surface area contributed by atoms with Crippen LogP contribution in [0.5, 0.6) is 0 Å². The molecule has 1 rings (SSSR count). The number of rotatable bonds is 6. The van der Waals surface area contributed by atoms with E-state index in [0.717, 1.165) is 4.31 Å². The Morgan fingerprint density at radius 3 is 2.45 bits per heavy atom. The molecule has 8 heteroatoms. The van der Waals surface area contributed by atoms with E-state index >= 15 is 0 Å². The summed E-state index contributed by atoms with van der Waals surface area (Å²) in [5.41, 5.74) is 0.200. The minimum atomic E-state index is -3.66. The van der Waals surface area contributed by atoms with Crippen molar-refractivity contribution in [3.63, 3.8) is 0 Å². The van der Waals surface area contributed by atoms with Gasteiger partial charge in [0.15, 0.2) is 0 Å². The van der Waals surface area contributed by atoms with Gasteiger partial charge in [0.1, 0.15) is 6.54 Å². The quantitative estimate of drug-likeness (QED) is 0.747. The smallest absolute Gasteiger partial charge is 0.326 e. The maximum atomic E-state index is 12.1. The van der Waals surface area contributed by atoms with Gasteiger partial charge in [-0.05, 0) is 32.0 Å². The monoisotopic (exact) mass is 339 g/mol. The van der Waals surface area contributed by atoms with E-state index < -0.39 is 22.5 Å². The van der Waals surface area contributed by atoms with Crippen molar-refractivity contribution in [2.45, 2.75) is 13.8 Å². The second-order valence-electron chi connectivity index (χ2n) is 3.81. The molecule has 0 radical (unpaired) electrons. The summed E-state index contributed by atoms with van der Waals surface area (Å²) >= 11 is 11.8. The van der Waals surface area contributed by atoms with Crippen molar-refractivity contribution in [3.05, 3.63) is 28.2 Å². The van der Waals surface area contributed by atoms with Crippen LogP contribution in [-0.4, -0.2) is 33.3 Å². The third kappa shape index (κ3) is 4.26. The summed E-state index contributed by atoms with van der Waals surface area (Å²) in [6.07, 6.45) is 0. The summed E-state index contributed by atoms with van der Waals surface area (Å²) in [7, 11) is -3.66. The zero-order chi connectivity index (χ0) is 15.3. The molecule has 0 atom stereocenters. The molecule has 112 valence electrons. The highest BCUT2D eigenvalue weighted by atomic mass is 35.5. The van der Waals surface area contributed by atoms with Crippen molar-refractivity contribution >= 4 is 44.9 Å². The second kappa shape index (κ2) is 7.15. The van der Waals surface area contributed by atoms with Crippen LogP contribution in [0.1, 0.15) is 13.8 Å². The number of carbonyl (C=O) groups excluding carboxylic acids is 1. The van der Waals surface area contributed by atoms with E-state index in [0.29, 0.717) is 5.02 Å². The molecule has 0 unspecified atom stereocenters. The third-order valence-electron chi connectivity index (χ3n) is 2.46. The first-order chi connectivity index (χ1) is 9.31. The first-order valence-electron chi connectivity index (χ1n) is 5.93. The Morgan fingerprint density at radius 1 is 1.30 bits per heavy atom. The molecule has 1 aromatic carbocycles. The molecule has 0 N–H and O–H groups in total. The van der Waals surface area contributed by atoms with Crippen molar-refractivity contribution in [1.82, 2.24) is 0 Å². The second-order valence-corrected chi connectivity index (χ2v) is 6.83. The number of hydrogen-bond acceptors (Lipinski definition) is 4. The van der Waals surface area contributed by atoms with Crippen LogP contribution >= 0.6 is 23.2 Å². The molecule has 0 heterocycles. The lowest BCUT2D eigenvalue weighted by atomic mass is 10.3. The fourth-order valence-corrected chi connectivity index (χ4v) is 3.13. The molecule has 0 aromatic heterocycles. The van der Waals surface area contributed by atoms with E-state index in [4.69, 9.17) is 27.9 Å². The zero-order valence-corrected chi connectivity index (χ0v) is 13.4. The average molecular weight is 340 g/mol. The Morgan fingerprint density at radius 2 is 1.95 bits per heavy atom. The van der Waals surface area contributed by atoms with Crippen molar-refractivity contribution in [2.75, 3.05) is 23.2 Å². The van der Waals surface area contributed by atoms with E-state index in [1.165, 1.54) is 25.1 Å². The van der Waals surface area contributed by atoms with E-state index in [-0.39, 0.29) is 23.1 Å². The Labute approximate surface area is 128 Å². The van der Waals surface area contributed by atoms with Gasteiger partial charge in [0.2, 0.25) is 10.0 Å². The molecule has 0 saturated carbocycles. The molecule has 0 saturated heterocycles. The predicted octanol–water partition coefficient (Wildman–Crippen LogP) is 2.71. The minimum absolute atomic E-state index is 0.152. The first kappa shape index (κ1) is 17.1. The lowest BCUT2D eigenvalue weighted by Gasteiger charge is -2.23. The van der Waals surface area contributed by atoms with E-state index in [1.54, 1.807) is 6.92 Å². The standard InChI is InChI=1S/C12H15Cl2NO4S/c1-3-19-12(16)8-15(20(17,18)4-2)11-6-5-9(13)7-10(11)14/h5-7H,3-4,8H2,1-2H3. The number of carbonyl (C=O) groups is 1. The van der Waals surface area contributed by atoms with E-state index in [2.05, 4.69) is 0 Å². The SMILES string of the molecule is CCOC(=O)CN(c1ccc(Cl)cc1Cl)S(=O)(=O)CC. The average Bonchev–Trinajstić information content (AvgIpc) is 2.37. The van der Waals surface area contributed by atoms with Gasteiger partial charge in [-0.1, -0.05) is 23.2 Å². The van der Waals surface area contributed by atoms with Crippen LogP contribution in [0, 0.1) is 0 Å². The number of nitrogens with zero attached hydrogens (tertiary/aromatic N) is 1. The summed E-state index contributed by atoms with van der Waals surface area (Å²) < 4.78 is 29.9. The Balaban J connectivity index is 3.20. The molecule has 20 heavy (non-hydrogen) atoms. The molecule has 0 aliphatic carbocycles. The number of benzene rings is 1.